The zero-order chi connectivity index (χ0) is 19.0. The normalized spacial score (nSPS) is 12.8. The molecule has 140 valence electrons. The van der Waals surface area contributed by atoms with Crippen LogP contribution in [0.2, 0.25) is 0 Å². The van der Waals surface area contributed by atoms with Gasteiger partial charge in [-0.1, -0.05) is 26.0 Å². The first-order valence-corrected chi connectivity index (χ1v) is 7.74. The SMILES string of the molecule is COC(=O)C(CC(C)C)NC(=O)c1ccc(COCC(F)(F)F)cc1. The number of hydrogen-bond donors (Lipinski definition) is 1. The van der Waals surface area contributed by atoms with Gasteiger partial charge >= 0.3 is 12.1 Å². The van der Waals surface area contributed by atoms with E-state index in [0.717, 1.165) is 0 Å². The van der Waals surface area contributed by atoms with Crippen LogP contribution in [-0.2, 0) is 20.9 Å². The van der Waals surface area contributed by atoms with Crippen LogP contribution in [0.3, 0.4) is 0 Å². The Balaban J connectivity index is 2.64. The van der Waals surface area contributed by atoms with Gasteiger partial charge in [0.1, 0.15) is 12.6 Å². The Morgan fingerprint density at radius 2 is 1.76 bits per heavy atom. The number of ether oxygens (including phenoxy) is 2. The molecule has 25 heavy (non-hydrogen) atoms. The van der Waals surface area contributed by atoms with Crippen molar-refractivity contribution in [1.29, 1.82) is 0 Å². The minimum Gasteiger partial charge on any atom is -0.467 e. The van der Waals surface area contributed by atoms with E-state index in [1.54, 1.807) is 0 Å². The van der Waals surface area contributed by atoms with Gasteiger partial charge in [0.25, 0.3) is 5.91 Å². The molecule has 1 aromatic rings. The molecule has 5 nitrogen and oxygen atoms in total. The fourth-order valence-corrected chi connectivity index (χ4v) is 2.11. The third kappa shape index (κ3) is 8.02. The zero-order valence-corrected chi connectivity index (χ0v) is 14.4. The number of amides is 1. The lowest BCUT2D eigenvalue weighted by Gasteiger charge is -2.18. The van der Waals surface area contributed by atoms with Crippen molar-refractivity contribution in [3.8, 4) is 0 Å². The number of esters is 1. The summed E-state index contributed by atoms with van der Waals surface area (Å²) in [6.07, 6.45) is -3.94. The van der Waals surface area contributed by atoms with Gasteiger partial charge in [0, 0.05) is 5.56 Å². The molecule has 8 heteroatoms. The first-order chi connectivity index (χ1) is 11.6. The molecule has 0 radical (unpaired) electrons. The van der Waals surface area contributed by atoms with Crippen LogP contribution in [0.4, 0.5) is 13.2 Å². The highest BCUT2D eigenvalue weighted by molar-refractivity contribution is 5.96. The molecular weight excluding hydrogens is 339 g/mol. The van der Waals surface area contributed by atoms with E-state index in [4.69, 9.17) is 0 Å². The summed E-state index contributed by atoms with van der Waals surface area (Å²) in [5.41, 5.74) is 0.796. The molecule has 1 atom stereocenters. The Morgan fingerprint density at radius 1 is 1.16 bits per heavy atom. The second kappa shape index (κ2) is 9.41. The van der Waals surface area contributed by atoms with Crippen LogP contribution >= 0.6 is 0 Å². The van der Waals surface area contributed by atoms with Crippen molar-refractivity contribution in [1.82, 2.24) is 5.32 Å². The van der Waals surface area contributed by atoms with E-state index in [9.17, 15) is 22.8 Å². The van der Waals surface area contributed by atoms with Crippen molar-refractivity contribution in [3.05, 3.63) is 35.4 Å². The molecule has 1 amide bonds. The van der Waals surface area contributed by atoms with Crippen molar-refractivity contribution >= 4 is 11.9 Å². The van der Waals surface area contributed by atoms with Crippen molar-refractivity contribution in [2.45, 2.75) is 39.1 Å². The van der Waals surface area contributed by atoms with Crippen LogP contribution in [0.25, 0.3) is 0 Å². The van der Waals surface area contributed by atoms with Gasteiger partial charge in [0.2, 0.25) is 0 Å². The summed E-state index contributed by atoms with van der Waals surface area (Å²) in [6.45, 7) is 2.29. The highest BCUT2D eigenvalue weighted by Gasteiger charge is 2.27. The molecule has 0 saturated heterocycles. The minimum atomic E-state index is -4.38. The predicted molar refractivity (Wildman–Crippen MR) is 84.9 cm³/mol. The van der Waals surface area contributed by atoms with Crippen molar-refractivity contribution < 1.29 is 32.2 Å². The molecule has 1 rings (SSSR count). The molecule has 0 aliphatic rings. The van der Waals surface area contributed by atoms with E-state index in [1.807, 2.05) is 13.8 Å². The average molecular weight is 361 g/mol. The van der Waals surface area contributed by atoms with Crippen LogP contribution in [0.15, 0.2) is 24.3 Å². The molecule has 0 aliphatic heterocycles. The largest absolute Gasteiger partial charge is 0.467 e. The zero-order valence-electron chi connectivity index (χ0n) is 14.4. The van der Waals surface area contributed by atoms with E-state index in [0.29, 0.717) is 12.0 Å². The maximum atomic E-state index is 12.2. The molecule has 0 saturated carbocycles. The number of alkyl halides is 3. The second-order valence-electron chi connectivity index (χ2n) is 5.98. The molecule has 0 bridgehead atoms. The lowest BCUT2D eigenvalue weighted by molar-refractivity contribution is -0.176. The number of rotatable bonds is 8. The van der Waals surface area contributed by atoms with Crippen molar-refractivity contribution in [2.24, 2.45) is 5.92 Å². The number of nitrogens with one attached hydrogen (secondary N) is 1. The number of carbonyl (C=O) groups excluding carboxylic acids is 2. The van der Waals surface area contributed by atoms with Crippen LogP contribution in [0.5, 0.6) is 0 Å². The summed E-state index contributed by atoms with van der Waals surface area (Å²) >= 11 is 0. The Bertz CT molecular complexity index is 570. The minimum absolute atomic E-state index is 0.178. The fraction of sp³-hybridized carbons (Fsp3) is 0.529. The quantitative estimate of drug-likeness (QED) is 0.723. The maximum absolute atomic E-state index is 12.2. The molecule has 1 N–H and O–H groups in total. The summed E-state index contributed by atoms with van der Waals surface area (Å²) in [5, 5.41) is 2.60. The Morgan fingerprint density at radius 3 is 2.24 bits per heavy atom. The molecule has 1 unspecified atom stereocenters. The van der Waals surface area contributed by atoms with E-state index < -0.39 is 30.7 Å². The fourth-order valence-electron chi connectivity index (χ4n) is 2.11. The van der Waals surface area contributed by atoms with E-state index in [2.05, 4.69) is 14.8 Å². The maximum Gasteiger partial charge on any atom is 0.411 e. The first-order valence-electron chi connectivity index (χ1n) is 7.74. The van der Waals surface area contributed by atoms with Gasteiger partial charge in [-0.05, 0) is 30.0 Å². The Labute approximate surface area is 144 Å². The number of benzene rings is 1. The molecular formula is C17H22F3NO4. The third-order valence-electron chi connectivity index (χ3n) is 3.25. The Hall–Kier alpha value is -2.09. The summed E-state index contributed by atoms with van der Waals surface area (Å²) in [4.78, 5) is 23.9. The van der Waals surface area contributed by atoms with Gasteiger partial charge in [0.05, 0.1) is 13.7 Å². The smallest absolute Gasteiger partial charge is 0.411 e. The topological polar surface area (TPSA) is 64.6 Å². The number of methoxy groups -OCH3 is 1. The van der Waals surface area contributed by atoms with Crippen molar-refractivity contribution in [3.63, 3.8) is 0 Å². The summed E-state index contributed by atoms with van der Waals surface area (Å²) in [5.74, 6) is -0.810. The van der Waals surface area contributed by atoms with E-state index in [-0.39, 0.29) is 18.1 Å². The van der Waals surface area contributed by atoms with Gasteiger partial charge in [-0.15, -0.1) is 0 Å². The van der Waals surface area contributed by atoms with Crippen LogP contribution in [-0.4, -0.2) is 37.8 Å². The van der Waals surface area contributed by atoms with Gasteiger partial charge in [-0.3, -0.25) is 4.79 Å². The van der Waals surface area contributed by atoms with Gasteiger partial charge in [0.15, 0.2) is 0 Å². The summed E-state index contributed by atoms with van der Waals surface area (Å²) in [6, 6.07) is 5.17. The molecule has 0 aromatic heterocycles. The molecule has 0 spiro atoms. The molecule has 0 heterocycles. The van der Waals surface area contributed by atoms with Gasteiger partial charge in [-0.25, -0.2) is 4.79 Å². The van der Waals surface area contributed by atoms with Crippen molar-refractivity contribution in [2.75, 3.05) is 13.7 Å². The van der Waals surface area contributed by atoms with Crippen LogP contribution < -0.4 is 5.32 Å². The van der Waals surface area contributed by atoms with E-state index >= 15 is 0 Å². The highest BCUT2D eigenvalue weighted by atomic mass is 19.4. The van der Waals surface area contributed by atoms with Gasteiger partial charge in [-0.2, -0.15) is 13.2 Å². The average Bonchev–Trinajstić information content (AvgIpc) is 2.52. The Kier molecular flexibility index (Phi) is 7.89. The molecule has 0 fully saturated rings. The highest BCUT2D eigenvalue weighted by Crippen LogP contribution is 2.16. The molecule has 1 aromatic carbocycles. The lowest BCUT2D eigenvalue weighted by Crippen LogP contribution is -2.42. The van der Waals surface area contributed by atoms with E-state index in [1.165, 1.54) is 31.4 Å². The predicted octanol–water partition coefficient (Wildman–Crippen LogP) is 3.08. The van der Waals surface area contributed by atoms with Crippen LogP contribution in [0.1, 0.15) is 36.2 Å². The number of hydrogen-bond acceptors (Lipinski definition) is 4. The monoisotopic (exact) mass is 361 g/mol. The summed E-state index contributed by atoms with van der Waals surface area (Å²) in [7, 11) is 1.25. The van der Waals surface area contributed by atoms with Crippen LogP contribution in [0, 0.1) is 5.92 Å². The lowest BCUT2D eigenvalue weighted by atomic mass is 10.0. The van der Waals surface area contributed by atoms with Gasteiger partial charge < -0.3 is 14.8 Å². The summed E-state index contributed by atoms with van der Waals surface area (Å²) < 4.78 is 45.3. The first kappa shape index (κ1) is 21.0. The second-order valence-corrected chi connectivity index (χ2v) is 5.98. The molecule has 0 aliphatic carbocycles. The standard InChI is InChI=1S/C17H22F3NO4/c1-11(2)8-14(16(23)24-3)21-15(22)13-6-4-12(5-7-13)9-25-10-17(18,19)20/h4-7,11,14H,8-10H2,1-3H3,(H,21,22). The third-order valence-corrected chi connectivity index (χ3v) is 3.25. The number of halogens is 3. The number of carbonyl (C=O) groups is 2.